The molecule has 1 saturated heterocycles. The molecular formula is C16H19N3O2. The number of rotatable bonds is 3. The van der Waals surface area contributed by atoms with E-state index >= 15 is 0 Å². The number of piperidine rings is 1. The minimum Gasteiger partial charge on any atom is -0.340 e. The van der Waals surface area contributed by atoms with Gasteiger partial charge in [0.1, 0.15) is 5.70 Å². The van der Waals surface area contributed by atoms with E-state index in [1.165, 1.54) is 11.0 Å². The van der Waals surface area contributed by atoms with Crippen molar-refractivity contribution in [2.75, 3.05) is 25.0 Å². The van der Waals surface area contributed by atoms with Crippen LogP contribution in [0, 0.1) is 0 Å². The number of para-hydroxylation sites is 1. The Kier molecular flexibility index (Phi) is 3.75. The zero-order valence-corrected chi connectivity index (χ0v) is 12.1. The molecule has 0 aliphatic carbocycles. The first kappa shape index (κ1) is 13.8. The number of hydrogen-bond acceptors (Lipinski definition) is 4. The van der Waals surface area contributed by atoms with Crippen LogP contribution in [0.3, 0.4) is 0 Å². The number of imide groups is 1. The number of carbonyl (C=O) groups is 2. The largest absolute Gasteiger partial charge is 0.340 e. The van der Waals surface area contributed by atoms with Crippen molar-refractivity contribution in [2.45, 2.75) is 18.9 Å². The molecule has 3 rings (SSSR count). The van der Waals surface area contributed by atoms with E-state index in [9.17, 15) is 9.59 Å². The Morgan fingerprint density at radius 3 is 2.67 bits per heavy atom. The van der Waals surface area contributed by atoms with Crippen molar-refractivity contribution in [3.63, 3.8) is 0 Å². The van der Waals surface area contributed by atoms with E-state index in [0.29, 0.717) is 12.2 Å². The third-order valence-electron chi connectivity index (χ3n) is 4.08. The molecule has 2 amide bonds. The van der Waals surface area contributed by atoms with Gasteiger partial charge in [0.15, 0.2) is 0 Å². The predicted molar refractivity (Wildman–Crippen MR) is 80.7 cm³/mol. The maximum atomic E-state index is 12.6. The summed E-state index contributed by atoms with van der Waals surface area (Å²) in [5, 5.41) is 3.25. The minimum absolute atomic E-state index is 0.0309. The first-order valence-electron chi connectivity index (χ1n) is 7.27. The smallest absolute Gasteiger partial charge is 0.277 e. The number of nitrogens with zero attached hydrogens (tertiary/aromatic N) is 2. The fraction of sp³-hybridized carbons (Fsp3) is 0.375. The van der Waals surface area contributed by atoms with E-state index in [2.05, 4.69) is 5.32 Å². The molecular weight excluding hydrogens is 266 g/mol. The lowest BCUT2D eigenvalue weighted by atomic mass is 10.1. The molecule has 1 aromatic carbocycles. The third-order valence-corrected chi connectivity index (χ3v) is 4.08. The first-order chi connectivity index (χ1) is 10.2. The molecule has 21 heavy (non-hydrogen) atoms. The number of benzene rings is 1. The molecule has 0 spiro atoms. The Balaban J connectivity index is 1.80. The van der Waals surface area contributed by atoms with E-state index in [1.807, 2.05) is 37.4 Å². The number of amides is 2. The molecule has 0 aromatic heterocycles. The molecule has 0 radical (unpaired) electrons. The van der Waals surface area contributed by atoms with Crippen molar-refractivity contribution in [1.29, 1.82) is 0 Å². The van der Waals surface area contributed by atoms with Crippen LogP contribution in [0.15, 0.2) is 42.1 Å². The van der Waals surface area contributed by atoms with E-state index in [4.69, 9.17) is 0 Å². The highest BCUT2D eigenvalue weighted by molar-refractivity contribution is 6.18. The lowest BCUT2D eigenvalue weighted by Gasteiger charge is -2.31. The van der Waals surface area contributed by atoms with Crippen LogP contribution in [0.1, 0.15) is 12.8 Å². The van der Waals surface area contributed by atoms with Crippen molar-refractivity contribution in [1.82, 2.24) is 10.2 Å². The summed E-state index contributed by atoms with van der Waals surface area (Å²) in [5.41, 5.74) is 1.34. The van der Waals surface area contributed by atoms with Gasteiger partial charge in [-0.25, -0.2) is 0 Å². The zero-order chi connectivity index (χ0) is 14.8. The average molecular weight is 285 g/mol. The SMILES string of the molecule is CN(C1=CC(=O)N(C2CCCNC2)C1=O)c1ccccc1. The Morgan fingerprint density at radius 2 is 2.00 bits per heavy atom. The highest BCUT2D eigenvalue weighted by Crippen LogP contribution is 2.25. The number of likely N-dealkylation sites (N-methyl/N-ethyl adjacent to an activating group) is 1. The van der Waals surface area contributed by atoms with E-state index < -0.39 is 0 Å². The number of hydrogen-bond donors (Lipinski definition) is 1. The Hall–Kier alpha value is -2.14. The second-order valence-electron chi connectivity index (χ2n) is 5.44. The van der Waals surface area contributed by atoms with Gasteiger partial charge in [-0.2, -0.15) is 0 Å². The lowest BCUT2D eigenvalue weighted by molar-refractivity contribution is -0.140. The third kappa shape index (κ3) is 2.56. The quantitative estimate of drug-likeness (QED) is 0.846. The lowest BCUT2D eigenvalue weighted by Crippen LogP contribution is -2.49. The molecule has 5 heteroatoms. The fourth-order valence-corrected chi connectivity index (χ4v) is 2.90. The summed E-state index contributed by atoms with van der Waals surface area (Å²) in [7, 11) is 1.81. The molecule has 1 fully saturated rings. The van der Waals surface area contributed by atoms with E-state index in [1.54, 1.807) is 4.90 Å². The van der Waals surface area contributed by atoms with Gasteiger partial charge in [0.05, 0.1) is 6.04 Å². The summed E-state index contributed by atoms with van der Waals surface area (Å²) >= 11 is 0. The van der Waals surface area contributed by atoms with Gasteiger partial charge in [-0.1, -0.05) is 18.2 Å². The topological polar surface area (TPSA) is 52.7 Å². The summed E-state index contributed by atoms with van der Waals surface area (Å²) in [6.45, 7) is 1.64. The molecule has 0 saturated carbocycles. The maximum Gasteiger partial charge on any atom is 0.277 e. The highest BCUT2D eigenvalue weighted by Gasteiger charge is 2.38. The van der Waals surface area contributed by atoms with E-state index in [0.717, 1.165) is 25.1 Å². The van der Waals surface area contributed by atoms with Crippen molar-refractivity contribution < 1.29 is 9.59 Å². The summed E-state index contributed by atoms with van der Waals surface area (Å²) in [4.78, 5) is 28.0. The van der Waals surface area contributed by atoms with Gasteiger partial charge in [-0.3, -0.25) is 14.5 Å². The average Bonchev–Trinajstić information content (AvgIpc) is 2.83. The monoisotopic (exact) mass is 285 g/mol. The second-order valence-corrected chi connectivity index (χ2v) is 5.44. The molecule has 1 N–H and O–H groups in total. The molecule has 2 heterocycles. The molecule has 5 nitrogen and oxygen atoms in total. The van der Waals surface area contributed by atoms with Crippen LogP contribution in [-0.4, -0.2) is 42.9 Å². The molecule has 1 atom stereocenters. The fourth-order valence-electron chi connectivity index (χ4n) is 2.90. The van der Waals surface area contributed by atoms with Crippen molar-refractivity contribution >= 4 is 17.5 Å². The van der Waals surface area contributed by atoms with Crippen molar-refractivity contribution in [2.24, 2.45) is 0 Å². The Labute approximate surface area is 124 Å². The van der Waals surface area contributed by atoms with Crippen LogP contribution >= 0.6 is 0 Å². The van der Waals surface area contributed by atoms with Crippen LogP contribution < -0.4 is 10.2 Å². The van der Waals surface area contributed by atoms with Crippen LogP contribution in [0.5, 0.6) is 0 Å². The number of nitrogens with one attached hydrogen (secondary N) is 1. The van der Waals surface area contributed by atoms with Gasteiger partial charge in [0.25, 0.3) is 11.8 Å². The van der Waals surface area contributed by atoms with Gasteiger partial charge < -0.3 is 10.2 Å². The molecule has 0 bridgehead atoms. The summed E-state index contributed by atoms with van der Waals surface area (Å²) in [6.07, 6.45) is 3.32. The second kappa shape index (κ2) is 5.69. The summed E-state index contributed by atoms with van der Waals surface area (Å²) in [5.74, 6) is -0.397. The summed E-state index contributed by atoms with van der Waals surface area (Å²) < 4.78 is 0. The standard InChI is InChI=1S/C16H19N3O2/c1-18(12-6-3-2-4-7-12)14-10-15(20)19(16(14)21)13-8-5-9-17-11-13/h2-4,6-7,10,13,17H,5,8-9,11H2,1H3. The van der Waals surface area contributed by atoms with Gasteiger partial charge in [0.2, 0.25) is 0 Å². The Morgan fingerprint density at radius 1 is 1.24 bits per heavy atom. The van der Waals surface area contributed by atoms with Gasteiger partial charge in [-0.15, -0.1) is 0 Å². The summed E-state index contributed by atoms with van der Waals surface area (Å²) in [6, 6.07) is 9.56. The number of carbonyl (C=O) groups excluding carboxylic acids is 2. The van der Waals surface area contributed by atoms with Crippen molar-refractivity contribution in [3.05, 3.63) is 42.1 Å². The van der Waals surface area contributed by atoms with Crippen molar-refractivity contribution in [3.8, 4) is 0 Å². The first-order valence-corrected chi connectivity index (χ1v) is 7.27. The Bertz CT molecular complexity index is 576. The van der Waals surface area contributed by atoms with Gasteiger partial charge in [0, 0.05) is 25.4 Å². The van der Waals surface area contributed by atoms with Gasteiger partial charge in [-0.05, 0) is 31.5 Å². The molecule has 1 aromatic rings. The van der Waals surface area contributed by atoms with Crippen LogP contribution in [0.2, 0.25) is 0 Å². The zero-order valence-electron chi connectivity index (χ0n) is 12.1. The van der Waals surface area contributed by atoms with E-state index in [-0.39, 0.29) is 17.9 Å². The molecule has 110 valence electrons. The van der Waals surface area contributed by atoms with Crippen LogP contribution in [0.4, 0.5) is 5.69 Å². The molecule has 2 aliphatic heterocycles. The van der Waals surface area contributed by atoms with Crippen LogP contribution in [-0.2, 0) is 9.59 Å². The van der Waals surface area contributed by atoms with Crippen LogP contribution in [0.25, 0.3) is 0 Å². The maximum absolute atomic E-state index is 12.6. The molecule has 1 unspecified atom stereocenters. The predicted octanol–water partition coefficient (Wildman–Crippen LogP) is 1.13. The highest BCUT2D eigenvalue weighted by atomic mass is 16.2. The number of anilines is 1. The normalized spacial score (nSPS) is 22.4. The molecule has 2 aliphatic rings. The van der Waals surface area contributed by atoms with Gasteiger partial charge >= 0.3 is 0 Å². The minimum atomic E-state index is -0.202.